The standard InChI is InChI=1S/C17H18O3/c1-16-7-8-17(2)10-20-15(18)14(17)13(16)11-5-3-4-6-12(11)19-9-16/h3-6H,7-10H2,1-2H3/t16-,17+/m1/s1. The van der Waals surface area contributed by atoms with E-state index in [9.17, 15) is 4.79 Å². The van der Waals surface area contributed by atoms with Gasteiger partial charge >= 0.3 is 5.97 Å². The van der Waals surface area contributed by atoms with Gasteiger partial charge in [0, 0.05) is 16.4 Å². The van der Waals surface area contributed by atoms with Gasteiger partial charge in [-0.3, -0.25) is 0 Å². The fourth-order valence-electron chi connectivity index (χ4n) is 3.84. The number of ether oxygens (including phenoxy) is 2. The zero-order valence-corrected chi connectivity index (χ0v) is 11.9. The highest BCUT2D eigenvalue weighted by Gasteiger charge is 2.53. The van der Waals surface area contributed by atoms with Crippen molar-refractivity contribution in [2.24, 2.45) is 10.8 Å². The van der Waals surface area contributed by atoms with Crippen molar-refractivity contribution in [1.29, 1.82) is 0 Å². The number of carbonyl (C=O) groups excluding carboxylic acids is 1. The molecule has 0 aromatic heterocycles. The molecule has 0 spiro atoms. The second-order valence-electron chi connectivity index (χ2n) is 6.73. The molecule has 20 heavy (non-hydrogen) atoms. The summed E-state index contributed by atoms with van der Waals surface area (Å²) in [6.45, 7) is 5.52. The Morgan fingerprint density at radius 3 is 2.40 bits per heavy atom. The van der Waals surface area contributed by atoms with E-state index in [-0.39, 0.29) is 16.8 Å². The maximum absolute atomic E-state index is 12.3. The molecule has 0 unspecified atom stereocenters. The van der Waals surface area contributed by atoms with E-state index >= 15 is 0 Å². The highest BCUT2D eigenvalue weighted by molar-refractivity contribution is 6.03. The van der Waals surface area contributed by atoms with Crippen LogP contribution in [0.1, 0.15) is 32.3 Å². The van der Waals surface area contributed by atoms with E-state index in [1.807, 2.05) is 18.2 Å². The monoisotopic (exact) mass is 270 g/mol. The molecule has 3 nitrogen and oxygen atoms in total. The van der Waals surface area contributed by atoms with Crippen LogP contribution in [0.2, 0.25) is 0 Å². The van der Waals surface area contributed by atoms with Gasteiger partial charge < -0.3 is 9.47 Å². The van der Waals surface area contributed by atoms with Gasteiger partial charge in [-0.05, 0) is 24.5 Å². The first kappa shape index (κ1) is 12.0. The molecule has 0 amide bonds. The molecular weight excluding hydrogens is 252 g/mol. The summed E-state index contributed by atoms with van der Waals surface area (Å²) in [5.74, 6) is 0.751. The van der Waals surface area contributed by atoms with Crippen LogP contribution >= 0.6 is 0 Å². The number of rotatable bonds is 0. The number of carbonyl (C=O) groups is 1. The van der Waals surface area contributed by atoms with Crippen LogP contribution in [0.3, 0.4) is 0 Å². The highest BCUT2D eigenvalue weighted by Crippen LogP contribution is 2.58. The van der Waals surface area contributed by atoms with E-state index in [0.29, 0.717) is 13.2 Å². The van der Waals surface area contributed by atoms with Gasteiger partial charge in [-0.25, -0.2) is 4.79 Å². The van der Waals surface area contributed by atoms with Crippen molar-refractivity contribution in [2.75, 3.05) is 13.2 Å². The summed E-state index contributed by atoms with van der Waals surface area (Å²) in [5, 5.41) is 0. The number of benzene rings is 1. The number of cyclic esters (lactones) is 1. The van der Waals surface area contributed by atoms with Crippen molar-refractivity contribution < 1.29 is 14.3 Å². The van der Waals surface area contributed by atoms with Crippen LogP contribution < -0.4 is 4.74 Å². The highest BCUT2D eigenvalue weighted by atomic mass is 16.5. The zero-order valence-electron chi connectivity index (χ0n) is 11.9. The van der Waals surface area contributed by atoms with E-state index in [4.69, 9.17) is 9.47 Å². The molecule has 0 bridgehead atoms. The number of hydrogen-bond donors (Lipinski definition) is 0. The van der Waals surface area contributed by atoms with Crippen LogP contribution in [-0.2, 0) is 9.53 Å². The Morgan fingerprint density at radius 2 is 1.60 bits per heavy atom. The van der Waals surface area contributed by atoms with Gasteiger partial charge in [-0.15, -0.1) is 0 Å². The predicted molar refractivity (Wildman–Crippen MR) is 75.3 cm³/mol. The Morgan fingerprint density at radius 1 is 0.950 bits per heavy atom. The molecule has 1 aromatic carbocycles. The molecule has 1 saturated heterocycles. The molecule has 0 saturated carbocycles. The van der Waals surface area contributed by atoms with Gasteiger partial charge in [0.1, 0.15) is 12.4 Å². The van der Waals surface area contributed by atoms with Crippen LogP contribution in [0.5, 0.6) is 5.75 Å². The molecule has 1 aliphatic carbocycles. The lowest BCUT2D eigenvalue weighted by molar-refractivity contribution is -0.135. The van der Waals surface area contributed by atoms with Crippen molar-refractivity contribution in [3.8, 4) is 5.75 Å². The number of esters is 1. The summed E-state index contributed by atoms with van der Waals surface area (Å²) in [5.41, 5.74) is 2.92. The minimum atomic E-state index is -0.134. The summed E-state index contributed by atoms with van der Waals surface area (Å²) in [6, 6.07) is 8.02. The molecule has 3 aliphatic rings. The second kappa shape index (κ2) is 3.66. The molecule has 3 heteroatoms. The molecule has 4 rings (SSSR count). The third-order valence-corrected chi connectivity index (χ3v) is 5.11. The zero-order chi connectivity index (χ0) is 14.0. The van der Waals surface area contributed by atoms with Gasteiger partial charge in [0.2, 0.25) is 0 Å². The first-order chi connectivity index (χ1) is 9.54. The van der Waals surface area contributed by atoms with Crippen LogP contribution in [0.25, 0.3) is 5.57 Å². The van der Waals surface area contributed by atoms with E-state index < -0.39 is 0 Å². The Kier molecular flexibility index (Phi) is 2.20. The fraction of sp³-hybridized carbons (Fsp3) is 0.471. The smallest absolute Gasteiger partial charge is 0.335 e. The molecule has 104 valence electrons. The van der Waals surface area contributed by atoms with Gasteiger partial charge in [0.15, 0.2) is 0 Å². The summed E-state index contributed by atoms with van der Waals surface area (Å²) in [7, 11) is 0. The molecule has 2 aliphatic heterocycles. The largest absolute Gasteiger partial charge is 0.492 e. The molecule has 0 radical (unpaired) electrons. The number of para-hydroxylation sites is 1. The van der Waals surface area contributed by atoms with Crippen LogP contribution in [-0.4, -0.2) is 19.2 Å². The van der Waals surface area contributed by atoms with E-state index in [0.717, 1.165) is 35.3 Å². The topological polar surface area (TPSA) is 35.5 Å². The summed E-state index contributed by atoms with van der Waals surface area (Å²) < 4.78 is 11.3. The first-order valence-electron chi connectivity index (χ1n) is 7.18. The summed E-state index contributed by atoms with van der Waals surface area (Å²) in [4.78, 5) is 12.3. The Balaban J connectivity index is 2.05. The SMILES string of the molecule is C[C@@]12CC[C@]3(C)COc4ccccc4C3=C1C(=O)OC2. The number of hydrogen-bond acceptors (Lipinski definition) is 3. The summed E-state index contributed by atoms with van der Waals surface area (Å²) >= 11 is 0. The normalized spacial score (nSPS) is 34.8. The van der Waals surface area contributed by atoms with Crippen molar-refractivity contribution in [3.05, 3.63) is 35.4 Å². The second-order valence-corrected chi connectivity index (χ2v) is 6.73. The maximum Gasteiger partial charge on any atom is 0.335 e. The van der Waals surface area contributed by atoms with Crippen molar-refractivity contribution in [3.63, 3.8) is 0 Å². The Bertz CT molecular complexity index is 645. The molecule has 1 fully saturated rings. The third kappa shape index (κ3) is 1.38. The average Bonchev–Trinajstić information content (AvgIpc) is 2.75. The lowest BCUT2D eigenvalue weighted by Crippen LogP contribution is -2.39. The Labute approximate surface area is 118 Å². The minimum Gasteiger partial charge on any atom is -0.492 e. The van der Waals surface area contributed by atoms with Crippen molar-refractivity contribution in [2.45, 2.75) is 26.7 Å². The van der Waals surface area contributed by atoms with Gasteiger partial charge in [0.25, 0.3) is 0 Å². The third-order valence-electron chi connectivity index (χ3n) is 5.11. The summed E-state index contributed by atoms with van der Waals surface area (Å²) in [6.07, 6.45) is 2.02. The fourth-order valence-corrected chi connectivity index (χ4v) is 3.84. The quantitative estimate of drug-likeness (QED) is 0.679. The molecule has 1 aromatic rings. The molecule has 2 atom stereocenters. The molecule has 2 heterocycles. The minimum absolute atomic E-state index is 0.0768. The van der Waals surface area contributed by atoms with Crippen LogP contribution in [0.4, 0.5) is 0 Å². The first-order valence-corrected chi connectivity index (χ1v) is 7.18. The van der Waals surface area contributed by atoms with Gasteiger partial charge in [0.05, 0.1) is 12.2 Å². The van der Waals surface area contributed by atoms with Crippen molar-refractivity contribution in [1.82, 2.24) is 0 Å². The lowest BCUT2D eigenvalue weighted by atomic mass is 9.60. The van der Waals surface area contributed by atoms with Crippen molar-refractivity contribution >= 4 is 11.5 Å². The van der Waals surface area contributed by atoms with E-state index in [2.05, 4.69) is 19.9 Å². The predicted octanol–water partition coefficient (Wildman–Crippen LogP) is 3.20. The van der Waals surface area contributed by atoms with E-state index in [1.165, 1.54) is 0 Å². The number of fused-ring (bicyclic) bond motifs is 4. The average molecular weight is 270 g/mol. The lowest BCUT2D eigenvalue weighted by Gasteiger charge is -2.45. The van der Waals surface area contributed by atoms with E-state index in [1.54, 1.807) is 0 Å². The van der Waals surface area contributed by atoms with Crippen LogP contribution in [0, 0.1) is 10.8 Å². The molecular formula is C17H18O3. The Hall–Kier alpha value is -1.77. The maximum atomic E-state index is 12.3. The van der Waals surface area contributed by atoms with Gasteiger partial charge in [-0.1, -0.05) is 32.0 Å². The molecule has 0 N–H and O–H groups in total. The van der Waals surface area contributed by atoms with Gasteiger partial charge in [-0.2, -0.15) is 0 Å². The van der Waals surface area contributed by atoms with Crippen LogP contribution in [0.15, 0.2) is 29.8 Å².